The molecule has 1 N–H and O–H groups in total. The van der Waals surface area contributed by atoms with E-state index in [4.69, 9.17) is 11.6 Å². The van der Waals surface area contributed by atoms with E-state index in [1.54, 1.807) is 4.90 Å². The molecule has 148 valence electrons. The van der Waals surface area contributed by atoms with Crippen molar-refractivity contribution in [3.05, 3.63) is 59.1 Å². The summed E-state index contributed by atoms with van der Waals surface area (Å²) in [6, 6.07) is 15.4. The van der Waals surface area contributed by atoms with Gasteiger partial charge in [-0.2, -0.15) is 0 Å². The number of amides is 2. The van der Waals surface area contributed by atoms with Gasteiger partial charge in [-0.25, -0.2) is 0 Å². The van der Waals surface area contributed by atoms with Crippen molar-refractivity contribution < 1.29 is 9.59 Å². The van der Waals surface area contributed by atoms with Gasteiger partial charge >= 0.3 is 11.8 Å². The fraction of sp³-hybridized carbons (Fsp3) is 0.364. The first kappa shape index (κ1) is 20.2. The van der Waals surface area contributed by atoms with Crippen LogP contribution in [0, 0.1) is 0 Å². The van der Waals surface area contributed by atoms with Gasteiger partial charge in [0.05, 0.1) is 0 Å². The molecule has 0 bridgehead atoms. The Hall–Kier alpha value is -2.53. The van der Waals surface area contributed by atoms with Crippen LogP contribution in [0.3, 0.4) is 0 Å². The van der Waals surface area contributed by atoms with Crippen LogP contribution in [0.1, 0.15) is 25.3 Å². The van der Waals surface area contributed by atoms with E-state index in [1.807, 2.05) is 48.5 Å². The molecular weight excluding hydrogens is 374 g/mol. The van der Waals surface area contributed by atoms with E-state index in [9.17, 15) is 9.59 Å². The molecule has 6 heteroatoms. The maximum absolute atomic E-state index is 12.5. The van der Waals surface area contributed by atoms with E-state index >= 15 is 0 Å². The highest BCUT2D eigenvalue weighted by Crippen LogP contribution is 2.21. The van der Waals surface area contributed by atoms with Gasteiger partial charge in [0.15, 0.2) is 0 Å². The minimum absolute atomic E-state index is 0.485. The summed E-state index contributed by atoms with van der Waals surface area (Å²) < 4.78 is 0. The maximum atomic E-state index is 12.5. The summed E-state index contributed by atoms with van der Waals surface area (Å²) in [5.74, 6) is -1.07. The van der Waals surface area contributed by atoms with Gasteiger partial charge in [-0.05, 0) is 48.7 Å². The van der Waals surface area contributed by atoms with Crippen LogP contribution in [0.25, 0.3) is 0 Å². The number of hydrogen-bond donors (Lipinski definition) is 1. The van der Waals surface area contributed by atoms with Gasteiger partial charge in [-0.3, -0.25) is 9.59 Å². The van der Waals surface area contributed by atoms with Gasteiger partial charge in [0, 0.05) is 42.6 Å². The van der Waals surface area contributed by atoms with Gasteiger partial charge in [0.2, 0.25) is 0 Å². The third kappa shape index (κ3) is 5.26. The molecule has 0 saturated carbocycles. The van der Waals surface area contributed by atoms with Crippen LogP contribution >= 0.6 is 11.6 Å². The molecule has 1 fully saturated rings. The predicted octanol–water partition coefficient (Wildman–Crippen LogP) is 3.97. The van der Waals surface area contributed by atoms with E-state index in [1.165, 1.54) is 5.56 Å². The molecule has 1 aliphatic heterocycles. The monoisotopic (exact) mass is 399 g/mol. The Labute approximate surface area is 171 Å². The first-order valence-electron chi connectivity index (χ1n) is 9.76. The lowest BCUT2D eigenvalue weighted by Gasteiger charge is -2.35. The quantitative estimate of drug-likeness (QED) is 0.774. The third-order valence-electron chi connectivity index (χ3n) is 4.97. The average molecular weight is 400 g/mol. The lowest BCUT2D eigenvalue weighted by atomic mass is 10.1. The number of unbranched alkanes of at least 4 members (excludes halogenated alkanes) is 1. The highest BCUT2D eigenvalue weighted by molar-refractivity contribution is 6.39. The van der Waals surface area contributed by atoms with Gasteiger partial charge in [-0.1, -0.05) is 43.1 Å². The number of anilines is 2. The zero-order chi connectivity index (χ0) is 19.9. The number of aryl methyl sites for hydroxylation is 1. The molecule has 1 saturated heterocycles. The molecule has 28 heavy (non-hydrogen) atoms. The summed E-state index contributed by atoms with van der Waals surface area (Å²) in [6.45, 7) is 4.52. The first-order valence-corrected chi connectivity index (χ1v) is 10.1. The number of rotatable bonds is 5. The fourth-order valence-corrected chi connectivity index (χ4v) is 3.49. The van der Waals surface area contributed by atoms with Crippen LogP contribution in [-0.4, -0.2) is 42.9 Å². The number of carbonyl (C=O) groups is 2. The SMILES string of the molecule is CCCCc1ccc(NC(=O)C(=O)N2CCN(c3cccc(Cl)c3)CC2)cc1. The number of carbonyl (C=O) groups excluding carboxylic acids is 2. The second kappa shape index (κ2) is 9.60. The summed E-state index contributed by atoms with van der Waals surface area (Å²) in [6.07, 6.45) is 3.32. The zero-order valence-electron chi connectivity index (χ0n) is 16.2. The molecule has 1 heterocycles. The van der Waals surface area contributed by atoms with Crippen LogP contribution < -0.4 is 10.2 Å². The number of hydrogen-bond acceptors (Lipinski definition) is 3. The first-order chi connectivity index (χ1) is 13.6. The van der Waals surface area contributed by atoms with Gasteiger partial charge < -0.3 is 15.1 Å². The fourth-order valence-electron chi connectivity index (χ4n) is 3.30. The minimum Gasteiger partial charge on any atom is -0.368 e. The van der Waals surface area contributed by atoms with Crippen molar-refractivity contribution in [1.29, 1.82) is 0 Å². The van der Waals surface area contributed by atoms with Crippen LogP contribution in [0.5, 0.6) is 0 Å². The summed E-state index contributed by atoms with van der Waals surface area (Å²) >= 11 is 6.05. The van der Waals surface area contributed by atoms with Crippen molar-refractivity contribution >= 4 is 34.8 Å². The molecule has 1 aliphatic rings. The van der Waals surface area contributed by atoms with Crippen molar-refractivity contribution in [3.8, 4) is 0 Å². The van der Waals surface area contributed by atoms with Crippen LogP contribution in [0.4, 0.5) is 11.4 Å². The topological polar surface area (TPSA) is 52.7 Å². The zero-order valence-corrected chi connectivity index (χ0v) is 16.9. The lowest BCUT2D eigenvalue weighted by Crippen LogP contribution is -2.51. The number of benzene rings is 2. The predicted molar refractivity (Wildman–Crippen MR) is 114 cm³/mol. The van der Waals surface area contributed by atoms with Crippen molar-refractivity contribution in [2.75, 3.05) is 36.4 Å². The van der Waals surface area contributed by atoms with E-state index < -0.39 is 11.8 Å². The number of nitrogens with zero attached hydrogens (tertiary/aromatic N) is 2. The van der Waals surface area contributed by atoms with E-state index in [0.717, 1.165) is 24.9 Å². The highest BCUT2D eigenvalue weighted by Gasteiger charge is 2.26. The highest BCUT2D eigenvalue weighted by atomic mass is 35.5. The second-order valence-electron chi connectivity index (χ2n) is 7.01. The molecule has 2 amide bonds. The maximum Gasteiger partial charge on any atom is 0.313 e. The molecule has 0 unspecified atom stereocenters. The normalized spacial score (nSPS) is 14.1. The standard InChI is InChI=1S/C22H26ClN3O2/c1-2-3-5-17-8-10-19(11-9-17)24-21(27)22(28)26-14-12-25(13-15-26)20-7-4-6-18(23)16-20/h4,6-11,16H,2-3,5,12-15H2,1H3,(H,24,27). The third-order valence-corrected chi connectivity index (χ3v) is 5.20. The molecule has 0 aliphatic carbocycles. The molecule has 5 nitrogen and oxygen atoms in total. The molecule has 0 aromatic heterocycles. The average Bonchev–Trinajstić information content (AvgIpc) is 2.73. The van der Waals surface area contributed by atoms with Gasteiger partial charge in [0.25, 0.3) is 0 Å². The Bertz CT molecular complexity index is 815. The number of nitrogens with one attached hydrogen (secondary N) is 1. The molecule has 0 atom stereocenters. The smallest absolute Gasteiger partial charge is 0.313 e. The van der Waals surface area contributed by atoms with Crippen LogP contribution in [0.15, 0.2) is 48.5 Å². The van der Waals surface area contributed by atoms with E-state index in [-0.39, 0.29) is 0 Å². The molecule has 0 radical (unpaired) electrons. The Balaban J connectivity index is 1.51. The van der Waals surface area contributed by atoms with Gasteiger partial charge in [-0.15, -0.1) is 0 Å². The molecular formula is C22H26ClN3O2. The minimum atomic E-state index is -0.586. The van der Waals surface area contributed by atoms with E-state index in [0.29, 0.717) is 36.9 Å². The van der Waals surface area contributed by atoms with Crippen molar-refractivity contribution in [2.45, 2.75) is 26.2 Å². The Kier molecular flexibility index (Phi) is 6.93. The Morgan fingerprint density at radius 1 is 1.04 bits per heavy atom. The van der Waals surface area contributed by atoms with Crippen molar-refractivity contribution in [3.63, 3.8) is 0 Å². The van der Waals surface area contributed by atoms with E-state index in [2.05, 4.69) is 17.1 Å². The van der Waals surface area contributed by atoms with Crippen molar-refractivity contribution in [2.24, 2.45) is 0 Å². The lowest BCUT2D eigenvalue weighted by molar-refractivity contribution is -0.143. The summed E-state index contributed by atoms with van der Waals surface area (Å²) in [4.78, 5) is 28.6. The molecule has 3 rings (SSSR count). The Morgan fingerprint density at radius 2 is 1.75 bits per heavy atom. The van der Waals surface area contributed by atoms with Gasteiger partial charge in [0.1, 0.15) is 0 Å². The van der Waals surface area contributed by atoms with Crippen LogP contribution in [0.2, 0.25) is 5.02 Å². The molecule has 2 aromatic carbocycles. The second-order valence-corrected chi connectivity index (χ2v) is 7.45. The molecule has 2 aromatic rings. The summed E-state index contributed by atoms with van der Waals surface area (Å²) in [5, 5.41) is 3.40. The number of halogens is 1. The Morgan fingerprint density at radius 3 is 2.39 bits per heavy atom. The number of piperazine rings is 1. The largest absolute Gasteiger partial charge is 0.368 e. The summed E-state index contributed by atoms with van der Waals surface area (Å²) in [7, 11) is 0. The molecule has 0 spiro atoms. The summed E-state index contributed by atoms with van der Waals surface area (Å²) in [5.41, 5.74) is 2.92. The van der Waals surface area contributed by atoms with Crippen molar-refractivity contribution in [1.82, 2.24) is 4.90 Å². The van der Waals surface area contributed by atoms with Crippen LogP contribution in [-0.2, 0) is 16.0 Å².